The Morgan fingerprint density at radius 3 is 2.45 bits per heavy atom. The number of benzene rings is 2. The molecular weight excluding hydrogens is 431 g/mol. The number of nitrogens with one attached hydrogen (secondary N) is 1. The van der Waals surface area contributed by atoms with Gasteiger partial charge in [-0.1, -0.05) is 12.1 Å². The molecule has 0 saturated carbocycles. The Balaban J connectivity index is 2.19. The molecule has 0 saturated heterocycles. The molecule has 2 aromatic carbocycles. The van der Waals surface area contributed by atoms with Crippen molar-refractivity contribution < 1.29 is 23.0 Å². The van der Waals surface area contributed by atoms with Gasteiger partial charge in [-0.2, -0.15) is 13.2 Å². The summed E-state index contributed by atoms with van der Waals surface area (Å²) < 4.78 is 48.3. The molecule has 2 N–H and O–H groups in total. The Labute approximate surface area is 178 Å². The second-order valence-electron chi connectivity index (χ2n) is 6.56. The first-order chi connectivity index (χ1) is 14.7. The third kappa shape index (κ3) is 3.66. The molecule has 0 fully saturated rings. The molecule has 0 aliphatic rings. The minimum Gasteiger partial charge on any atom is -0.508 e. The molecule has 2 aromatic heterocycles. The van der Waals surface area contributed by atoms with E-state index < -0.39 is 22.7 Å². The van der Waals surface area contributed by atoms with Crippen LogP contribution in [0.25, 0.3) is 28.0 Å². The third-order valence-electron chi connectivity index (χ3n) is 4.66. The van der Waals surface area contributed by atoms with Crippen molar-refractivity contribution in [2.45, 2.75) is 6.18 Å². The first-order valence-electron chi connectivity index (χ1n) is 8.91. The fraction of sp³-hybridized carbons (Fsp3) is 0.0952. The number of rotatable bonds is 3. The zero-order valence-corrected chi connectivity index (χ0v) is 16.7. The van der Waals surface area contributed by atoms with Gasteiger partial charge in [0.2, 0.25) is 0 Å². The summed E-state index contributed by atoms with van der Waals surface area (Å²) in [6, 6.07) is 12.9. The highest BCUT2D eigenvalue weighted by Crippen LogP contribution is 2.37. The monoisotopic (exact) mass is 445 g/mol. The van der Waals surface area contributed by atoms with Gasteiger partial charge in [0.25, 0.3) is 5.56 Å². The van der Waals surface area contributed by atoms with E-state index in [-0.39, 0.29) is 21.9 Å². The molecule has 0 bridgehead atoms. The second kappa shape index (κ2) is 7.55. The van der Waals surface area contributed by atoms with Crippen LogP contribution in [0, 0.1) is 4.77 Å². The van der Waals surface area contributed by atoms with Gasteiger partial charge in [0, 0.05) is 5.56 Å². The van der Waals surface area contributed by atoms with Crippen molar-refractivity contribution in [3.8, 4) is 28.4 Å². The summed E-state index contributed by atoms with van der Waals surface area (Å²) in [5.74, 6) is 0.284. The van der Waals surface area contributed by atoms with Gasteiger partial charge in [0.15, 0.2) is 10.4 Å². The normalized spacial score (nSPS) is 11.6. The number of methoxy groups -OCH3 is 1. The van der Waals surface area contributed by atoms with Crippen molar-refractivity contribution in [3.63, 3.8) is 0 Å². The highest BCUT2D eigenvalue weighted by Gasteiger charge is 2.35. The molecule has 0 aliphatic heterocycles. The number of ether oxygens (including phenoxy) is 1. The number of pyridine rings is 1. The fourth-order valence-electron chi connectivity index (χ4n) is 3.27. The van der Waals surface area contributed by atoms with Crippen LogP contribution in [0.5, 0.6) is 11.5 Å². The van der Waals surface area contributed by atoms with Gasteiger partial charge in [0.05, 0.1) is 29.4 Å². The van der Waals surface area contributed by atoms with Crippen molar-refractivity contribution in [2.24, 2.45) is 0 Å². The fourth-order valence-corrected chi connectivity index (χ4v) is 3.55. The van der Waals surface area contributed by atoms with Gasteiger partial charge in [-0.3, -0.25) is 14.3 Å². The number of halogens is 3. The molecule has 0 atom stereocenters. The van der Waals surface area contributed by atoms with E-state index >= 15 is 0 Å². The van der Waals surface area contributed by atoms with E-state index in [0.717, 1.165) is 6.07 Å². The predicted octanol–water partition coefficient (Wildman–Crippen LogP) is 4.84. The van der Waals surface area contributed by atoms with Crippen LogP contribution in [-0.2, 0) is 6.18 Å². The van der Waals surface area contributed by atoms with Crippen LogP contribution in [0.3, 0.4) is 0 Å². The van der Waals surface area contributed by atoms with E-state index in [1.807, 2.05) is 0 Å². The summed E-state index contributed by atoms with van der Waals surface area (Å²) >= 11 is 5.27. The molecule has 10 heteroatoms. The van der Waals surface area contributed by atoms with E-state index in [1.165, 1.54) is 35.9 Å². The van der Waals surface area contributed by atoms with Crippen molar-refractivity contribution >= 4 is 23.3 Å². The topological polar surface area (TPSA) is 80.1 Å². The zero-order valence-electron chi connectivity index (χ0n) is 15.9. The maximum atomic E-state index is 14.0. The van der Waals surface area contributed by atoms with Gasteiger partial charge in [-0.15, -0.1) is 0 Å². The molecule has 0 aliphatic carbocycles. The first-order valence-corrected chi connectivity index (χ1v) is 9.31. The molecular formula is C21H14F3N3O3S. The summed E-state index contributed by atoms with van der Waals surface area (Å²) in [7, 11) is 1.41. The van der Waals surface area contributed by atoms with Crippen LogP contribution in [-0.4, -0.2) is 26.8 Å². The smallest absolute Gasteiger partial charge is 0.417 e. The highest BCUT2D eigenvalue weighted by molar-refractivity contribution is 7.71. The van der Waals surface area contributed by atoms with Crippen LogP contribution in [0.4, 0.5) is 13.2 Å². The lowest BCUT2D eigenvalue weighted by atomic mass is 10.1. The molecule has 0 radical (unpaired) electrons. The number of aromatic hydroxyl groups is 1. The Hall–Kier alpha value is -3.66. The van der Waals surface area contributed by atoms with Crippen molar-refractivity contribution in [1.82, 2.24) is 14.5 Å². The zero-order chi connectivity index (χ0) is 22.3. The van der Waals surface area contributed by atoms with Gasteiger partial charge in [0.1, 0.15) is 11.5 Å². The summed E-state index contributed by atoms with van der Waals surface area (Å²) in [5.41, 5.74) is -1.81. The first kappa shape index (κ1) is 20.6. The number of aromatic amines is 1. The maximum absolute atomic E-state index is 14.0. The molecule has 4 aromatic rings. The highest BCUT2D eigenvalue weighted by atomic mass is 32.1. The molecule has 0 spiro atoms. The minimum atomic E-state index is -4.83. The average Bonchev–Trinajstić information content (AvgIpc) is 2.73. The van der Waals surface area contributed by atoms with Crippen molar-refractivity contribution in [3.05, 3.63) is 75.3 Å². The maximum Gasteiger partial charge on any atom is 0.417 e. The van der Waals surface area contributed by atoms with E-state index in [4.69, 9.17) is 17.0 Å². The number of hydrogen-bond acceptors (Lipinski definition) is 5. The SMILES string of the molecule is COc1ccccc1-n1c(=S)[nH]c(=O)c2c(C(F)(F)F)cc(-c3ccc(O)cc3)nc21. The van der Waals surface area contributed by atoms with E-state index in [0.29, 0.717) is 17.0 Å². The number of hydrogen-bond donors (Lipinski definition) is 2. The lowest BCUT2D eigenvalue weighted by Gasteiger charge is -2.17. The predicted molar refractivity (Wildman–Crippen MR) is 111 cm³/mol. The van der Waals surface area contributed by atoms with Gasteiger partial charge >= 0.3 is 6.18 Å². The summed E-state index contributed by atoms with van der Waals surface area (Å²) in [6.07, 6.45) is -4.83. The molecule has 4 rings (SSSR count). The van der Waals surface area contributed by atoms with Crippen LogP contribution >= 0.6 is 12.2 Å². The Morgan fingerprint density at radius 2 is 1.81 bits per heavy atom. The molecule has 158 valence electrons. The number of phenolic OH excluding ortho intramolecular Hbond substituents is 1. The summed E-state index contributed by atoms with van der Waals surface area (Å²) in [4.78, 5) is 19.2. The van der Waals surface area contributed by atoms with Crippen molar-refractivity contribution in [1.29, 1.82) is 0 Å². The van der Waals surface area contributed by atoms with Gasteiger partial charge in [-0.05, 0) is 54.7 Å². The van der Waals surface area contributed by atoms with Crippen LogP contribution in [0.15, 0.2) is 59.4 Å². The van der Waals surface area contributed by atoms with E-state index in [9.17, 15) is 23.1 Å². The number of nitrogens with zero attached hydrogens (tertiary/aromatic N) is 2. The summed E-state index contributed by atoms with van der Waals surface area (Å²) in [5, 5.41) is 8.86. The van der Waals surface area contributed by atoms with Crippen LogP contribution in [0.2, 0.25) is 0 Å². The average molecular weight is 445 g/mol. The Kier molecular flexibility index (Phi) is 5.02. The number of fused-ring (bicyclic) bond motifs is 1. The second-order valence-corrected chi connectivity index (χ2v) is 6.95. The largest absolute Gasteiger partial charge is 0.508 e. The molecule has 0 amide bonds. The Bertz CT molecular complexity index is 1410. The molecule has 6 nitrogen and oxygen atoms in total. The number of para-hydroxylation sites is 2. The minimum absolute atomic E-state index is 0.0385. The van der Waals surface area contributed by atoms with Crippen LogP contribution < -0.4 is 10.3 Å². The van der Waals surface area contributed by atoms with Crippen molar-refractivity contribution in [2.75, 3.05) is 7.11 Å². The quantitative estimate of drug-likeness (QED) is 0.441. The van der Waals surface area contributed by atoms with E-state index in [2.05, 4.69) is 9.97 Å². The molecule has 2 heterocycles. The number of aromatic nitrogens is 3. The number of H-pyrrole nitrogens is 1. The van der Waals surface area contributed by atoms with E-state index in [1.54, 1.807) is 24.3 Å². The molecule has 0 unspecified atom stereocenters. The van der Waals surface area contributed by atoms with Gasteiger partial charge in [-0.25, -0.2) is 4.98 Å². The molecule has 31 heavy (non-hydrogen) atoms. The third-order valence-corrected chi connectivity index (χ3v) is 4.94. The van der Waals surface area contributed by atoms with Gasteiger partial charge < -0.3 is 9.84 Å². The standard InChI is InChI=1S/C21H14F3N3O3S/c1-30-16-5-3-2-4-15(16)27-18-17(19(29)26-20(27)31)13(21(22,23)24)10-14(25-18)11-6-8-12(28)9-7-11/h2-10,28H,1H3,(H,26,29,31). The lowest BCUT2D eigenvalue weighted by Crippen LogP contribution is -2.20. The number of alkyl halides is 3. The lowest BCUT2D eigenvalue weighted by molar-refractivity contribution is -0.136. The number of phenols is 1. The van der Waals surface area contributed by atoms with Crippen LogP contribution in [0.1, 0.15) is 5.56 Å². The Morgan fingerprint density at radius 1 is 1.13 bits per heavy atom. The summed E-state index contributed by atoms with van der Waals surface area (Å²) in [6.45, 7) is 0.